The average Bonchev–Trinajstić information content (AvgIpc) is 2.46. The van der Waals surface area contributed by atoms with E-state index >= 15 is 0 Å². The van der Waals surface area contributed by atoms with Gasteiger partial charge < -0.3 is 0 Å². The molecule has 0 spiro atoms. The Labute approximate surface area is 113 Å². The number of urea groups is 1. The molecule has 20 heavy (non-hydrogen) atoms. The molecule has 3 amide bonds. The van der Waals surface area contributed by atoms with Crippen molar-refractivity contribution in [2.45, 2.75) is 6.42 Å². The van der Waals surface area contributed by atoms with Gasteiger partial charge >= 0.3 is 6.03 Å². The van der Waals surface area contributed by atoms with Crippen molar-refractivity contribution in [3.63, 3.8) is 0 Å². The van der Waals surface area contributed by atoms with E-state index in [1.165, 1.54) is 11.1 Å². The molecule has 1 aliphatic rings. The fourth-order valence-electron chi connectivity index (χ4n) is 2.16. The zero-order chi connectivity index (χ0) is 14.1. The number of fused-ring (bicyclic) bond motifs is 1. The Morgan fingerprint density at radius 2 is 2.15 bits per heavy atom. The molecule has 7 nitrogen and oxygen atoms in total. The van der Waals surface area contributed by atoms with E-state index in [4.69, 9.17) is 0 Å². The van der Waals surface area contributed by atoms with Gasteiger partial charge in [-0.3, -0.25) is 19.8 Å². The lowest BCUT2D eigenvalue weighted by molar-refractivity contribution is -0.120. The van der Waals surface area contributed by atoms with Gasteiger partial charge in [0.2, 0.25) is 5.91 Å². The van der Waals surface area contributed by atoms with Crippen molar-refractivity contribution in [3.05, 3.63) is 30.1 Å². The number of nitrogens with one attached hydrogen (secondary N) is 1. The Kier molecular flexibility index (Phi) is 2.86. The number of aldehydes is 1. The summed E-state index contributed by atoms with van der Waals surface area (Å²) in [4.78, 5) is 35.3. The highest BCUT2D eigenvalue weighted by atomic mass is 16.2. The van der Waals surface area contributed by atoms with Gasteiger partial charge in [0.25, 0.3) is 0 Å². The van der Waals surface area contributed by atoms with Gasteiger partial charge in [-0.2, -0.15) is 5.10 Å². The first-order valence-corrected chi connectivity index (χ1v) is 6.01. The van der Waals surface area contributed by atoms with Gasteiger partial charge in [0, 0.05) is 29.4 Å². The third-order valence-corrected chi connectivity index (χ3v) is 3.15. The summed E-state index contributed by atoms with van der Waals surface area (Å²) < 4.78 is 0. The highest BCUT2D eigenvalue weighted by Gasteiger charge is 2.24. The predicted molar refractivity (Wildman–Crippen MR) is 70.4 cm³/mol. The van der Waals surface area contributed by atoms with Crippen LogP contribution in [0.1, 0.15) is 16.9 Å². The van der Waals surface area contributed by atoms with Gasteiger partial charge in [-0.15, -0.1) is 5.10 Å². The molecule has 7 heteroatoms. The molecule has 0 aliphatic carbocycles. The second-order valence-corrected chi connectivity index (χ2v) is 4.37. The molecule has 0 unspecified atom stereocenters. The first-order valence-electron chi connectivity index (χ1n) is 6.01. The highest BCUT2D eigenvalue weighted by Crippen LogP contribution is 2.23. The average molecular weight is 270 g/mol. The van der Waals surface area contributed by atoms with Gasteiger partial charge in [-0.25, -0.2) is 4.79 Å². The van der Waals surface area contributed by atoms with Crippen LogP contribution in [0.4, 0.5) is 10.5 Å². The van der Waals surface area contributed by atoms with E-state index in [0.29, 0.717) is 29.3 Å². The van der Waals surface area contributed by atoms with E-state index in [9.17, 15) is 14.4 Å². The molecule has 100 valence electrons. The standard InChI is InChI=1S/C13H10N4O3/c18-7-11-10-2-1-9(5-8(10)6-14-16-11)17-4-3-12(19)15-13(17)20/h1-2,5-7H,3-4H2,(H,15,19,20). The highest BCUT2D eigenvalue weighted by molar-refractivity contribution is 6.06. The molecule has 1 fully saturated rings. The third kappa shape index (κ3) is 1.99. The van der Waals surface area contributed by atoms with Crippen molar-refractivity contribution in [3.8, 4) is 0 Å². The lowest BCUT2D eigenvalue weighted by atomic mass is 10.1. The first kappa shape index (κ1) is 12.2. The van der Waals surface area contributed by atoms with Crippen molar-refractivity contribution in [1.29, 1.82) is 0 Å². The maximum absolute atomic E-state index is 11.8. The molecule has 0 bridgehead atoms. The van der Waals surface area contributed by atoms with E-state index in [1.54, 1.807) is 18.2 Å². The van der Waals surface area contributed by atoms with Gasteiger partial charge in [0.1, 0.15) is 5.69 Å². The zero-order valence-corrected chi connectivity index (χ0v) is 10.4. The number of nitrogens with zero attached hydrogens (tertiary/aromatic N) is 3. The minimum absolute atomic E-state index is 0.257. The number of rotatable bonds is 2. The van der Waals surface area contributed by atoms with Crippen LogP contribution in [0, 0.1) is 0 Å². The normalized spacial score (nSPS) is 15.3. The summed E-state index contributed by atoms with van der Waals surface area (Å²) in [5.74, 6) is -0.277. The van der Waals surface area contributed by atoms with Crippen molar-refractivity contribution < 1.29 is 14.4 Å². The fraction of sp³-hybridized carbons (Fsp3) is 0.154. The molecule has 0 atom stereocenters. The van der Waals surface area contributed by atoms with Crippen molar-refractivity contribution in [1.82, 2.24) is 15.5 Å². The zero-order valence-electron chi connectivity index (χ0n) is 10.4. The van der Waals surface area contributed by atoms with E-state index in [0.717, 1.165) is 0 Å². The van der Waals surface area contributed by atoms with Crippen LogP contribution in [0.15, 0.2) is 24.4 Å². The molecule has 1 aromatic carbocycles. The summed E-state index contributed by atoms with van der Waals surface area (Å²) in [5.41, 5.74) is 0.902. The van der Waals surface area contributed by atoms with Crippen molar-refractivity contribution >= 4 is 34.7 Å². The monoisotopic (exact) mass is 270 g/mol. The van der Waals surface area contributed by atoms with Crippen LogP contribution in [0.3, 0.4) is 0 Å². The molecular weight excluding hydrogens is 260 g/mol. The number of amides is 3. The van der Waals surface area contributed by atoms with Crippen molar-refractivity contribution in [2.75, 3.05) is 11.4 Å². The number of hydrogen-bond acceptors (Lipinski definition) is 5. The molecule has 0 saturated carbocycles. The number of carbonyl (C=O) groups is 3. The van der Waals surface area contributed by atoms with Crippen LogP contribution in [0.5, 0.6) is 0 Å². The minimum Gasteiger partial charge on any atom is -0.296 e. The fourth-order valence-corrected chi connectivity index (χ4v) is 2.16. The molecule has 0 radical (unpaired) electrons. The maximum Gasteiger partial charge on any atom is 0.328 e. The van der Waals surface area contributed by atoms with E-state index < -0.39 is 6.03 Å². The van der Waals surface area contributed by atoms with E-state index in [-0.39, 0.29) is 18.0 Å². The Morgan fingerprint density at radius 3 is 2.90 bits per heavy atom. The Morgan fingerprint density at radius 1 is 1.30 bits per heavy atom. The molecule has 2 aromatic rings. The molecule has 2 heterocycles. The summed E-state index contributed by atoms with van der Waals surface area (Å²) in [6, 6.07) is 4.73. The molecule has 1 aromatic heterocycles. The predicted octanol–water partition coefficient (Wildman–Crippen LogP) is 0.889. The van der Waals surface area contributed by atoms with Crippen molar-refractivity contribution in [2.24, 2.45) is 0 Å². The summed E-state index contributed by atoms with van der Waals surface area (Å²) in [5, 5.41) is 11.1. The van der Waals surface area contributed by atoms with Crippen LogP contribution in [-0.2, 0) is 4.79 Å². The summed E-state index contributed by atoms with van der Waals surface area (Å²) >= 11 is 0. The van der Waals surface area contributed by atoms with Crippen LogP contribution in [0.2, 0.25) is 0 Å². The maximum atomic E-state index is 11.8. The third-order valence-electron chi connectivity index (χ3n) is 3.15. The van der Waals surface area contributed by atoms with Gasteiger partial charge in [0.05, 0.1) is 6.20 Å². The molecule has 1 aliphatic heterocycles. The topological polar surface area (TPSA) is 92.3 Å². The second kappa shape index (κ2) is 4.69. The number of imide groups is 1. The number of benzene rings is 1. The molecule has 1 saturated heterocycles. The van der Waals surface area contributed by atoms with Crippen LogP contribution < -0.4 is 10.2 Å². The largest absolute Gasteiger partial charge is 0.328 e. The minimum atomic E-state index is -0.446. The van der Waals surface area contributed by atoms with Crippen LogP contribution >= 0.6 is 0 Å². The van der Waals surface area contributed by atoms with Gasteiger partial charge in [-0.05, 0) is 18.2 Å². The smallest absolute Gasteiger partial charge is 0.296 e. The Hall–Kier alpha value is -2.83. The molecule has 3 rings (SSSR count). The quantitative estimate of drug-likeness (QED) is 0.818. The summed E-state index contributed by atoms with van der Waals surface area (Å²) in [7, 11) is 0. The number of aromatic nitrogens is 2. The summed E-state index contributed by atoms with van der Waals surface area (Å²) in [6.45, 7) is 0.329. The van der Waals surface area contributed by atoms with E-state index in [2.05, 4.69) is 15.5 Å². The van der Waals surface area contributed by atoms with E-state index in [1.807, 2.05) is 0 Å². The molecular formula is C13H10N4O3. The Bertz CT molecular complexity index is 729. The van der Waals surface area contributed by atoms with Gasteiger partial charge in [0.15, 0.2) is 6.29 Å². The number of anilines is 1. The Balaban J connectivity index is 2.03. The number of hydrogen-bond donors (Lipinski definition) is 1. The lowest BCUT2D eigenvalue weighted by Crippen LogP contribution is -2.49. The lowest BCUT2D eigenvalue weighted by Gasteiger charge is -2.26. The molecule has 1 N–H and O–H groups in total. The van der Waals surface area contributed by atoms with Gasteiger partial charge in [-0.1, -0.05) is 0 Å². The van der Waals surface area contributed by atoms with Crippen LogP contribution in [0.25, 0.3) is 10.8 Å². The van der Waals surface area contributed by atoms with Crippen LogP contribution in [-0.4, -0.2) is 35.0 Å². The SMILES string of the molecule is O=Cc1nncc2cc(N3CCC(=O)NC3=O)ccc12. The second-order valence-electron chi connectivity index (χ2n) is 4.37. The summed E-state index contributed by atoms with van der Waals surface area (Å²) in [6.07, 6.45) is 2.43. The number of carbonyl (C=O) groups excluding carboxylic acids is 3. The first-order chi connectivity index (χ1) is 9.69.